The summed E-state index contributed by atoms with van der Waals surface area (Å²) in [6, 6.07) is 4.88. The molecule has 27 heavy (non-hydrogen) atoms. The minimum Gasteiger partial charge on any atom is -0.469 e. The molecule has 0 radical (unpaired) electrons. The Morgan fingerprint density at radius 1 is 1.22 bits per heavy atom. The first-order valence-corrected chi connectivity index (χ1v) is 10.3. The minimum atomic E-state index is -3.88. The zero-order valence-corrected chi connectivity index (χ0v) is 16.4. The van der Waals surface area contributed by atoms with E-state index in [-0.39, 0.29) is 35.7 Å². The van der Waals surface area contributed by atoms with E-state index in [2.05, 4.69) is 0 Å². The first kappa shape index (κ1) is 19.7. The third kappa shape index (κ3) is 4.26. The molecule has 0 unspecified atom stereocenters. The fourth-order valence-electron chi connectivity index (χ4n) is 3.08. The molecule has 0 bridgehead atoms. The number of aryl methyl sites for hydroxylation is 2. The monoisotopic (exact) mass is 398 g/mol. The van der Waals surface area contributed by atoms with Crippen molar-refractivity contribution < 1.29 is 30.9 Å². The molecule has 148 valence electrons. The van der Waals surface area contributed by atoms with Gasteiger partial charge in [0.1, 0.15) is 17.1 Å². The van der Waals surface area contributed by atoms with Crippen LogP contribution < -0.4 is 9.81 Å². The van der Waals surface area contributed by atoms with Crippen LogP contribution in [0.1, 0.15) is 37.4 Å². The van der Waals surface area contributed by atoms with Gasteiger partial charge in [-0.15, -0.1) is 0 Å². The van der Waals surface area contributed by atoms with Crippen molar-refractivity contribution in [3.63, 3.8) is 0 Å². The van der Waals surface area contributed by atoms with Gasteiger partial charge in [-0.05, 0) is 32.9 Å². The first-order chi connectivity index (χ1) is 12.6. The van der Waals surface area contributed by atoms with Crippen molar-refractivity contribution in [3.8, 4) is 5.75 Å². The van der Waals surface area contributed by atoms with Crippen molar-refractivity contribution in [3.05, 3.63) is 52.0 Å². The summed E-state index contributed by atoms with van der Waals surface area (Å²) in [5.41, 5.74) is -0.879. The fraction of sp³-hybridized carbons (Fsp3) is 0.500. The van der Waals surface area contributed by atoms with Crippen LogP contribution in [0.5, 0.6) is 5.75 Å². The molecular formula is C18H22O8S. The van der Waals surface area contributed by atoms with Gasteiger partial charge in [-0.2, -0.15) is 8.42 Å². The van der Waals surface area contributed by atoms with E-state index in [1.54, 1.807) is 18.4 Å². The van der Waals surface area contributed by atoms with Crippen LogP contribution in [0.2, 0.25) is 0 Å². The topological polar surface area (TPSA) is 105 Å². The predicted octanol–water partition coefficient (Wildman–Crippen LogP) is 2.49. The first-order valence-electron chi connectivity index (χ1n) is 8.52. The van der Waals surface area contributed by atoms with E-state index in [1.807, 2.05) is 13.8 Å². The normalized spacial score (nSPS) is 22.1. The highest BCUT2D eigenvalue weighted by Gasteiger charge is 2.50. The number of furan rings is 1. The van der Waals surface area contributed by atoms with Crippen LogP contribution in [0.3, 0.4) is 0 Å². The minimum absolute atomic E-state index is 0.110. The second kappa shape index (κ2) is 7.14. The van der Waals surface area contributed by atoms with Crippen LogP contribution in [-0.4, -0.2) is 26.9 Å². The maximum atomic E-state index is 12.7. The summed E-state index contributed by atoms with van der Waals surface area (Å²) in [5.74, 6) is -0.787. The molecule has 3 heterocycles. The lowest BCUT2D eigenvalue weighted by Gasteiger charge is -2.28. The zero-order chi connectivity index (χ0) is 19.8. The number of rotatable bonds is 6. The van der Waals surface area contributed by atoms with Crippen LogP contribution >= 0.6 is 0 Å². The van der Waals surface area contributed by atoms with Gasteiger partial charge in [0.25, 0.3) is 0 Å². The third-order valence-corrected chi connectivity index (χ3v) is 4.84. The van der Waals surface area contributed by atoms with Crippen molar-refractivity contribution >= 4 is 10.1 Å². The van der Waals surface area contributed by atoms with Gasteiger partial charge in [-0.3, -0.25) is 0 Å². The molecule has 1 fully saturated rings. The Kier molecular flexibility index (Phi) is 5.20. The van der Waals surface area contributed by atoms with E-state index in [4.69, 9.17) is 22.5 Å². The highest BCUT2D eigenvalue weighted by Crippen LogP contribution is 2.43. The molecule has 0 N–H and O–H groups in total. The lowest BCUT2D eigenvalue weighted by molar-refractivity contribution is -0.189. The maximum Gasteiger partial charge on any atom is 0.348 e. The van der Waals surface area contributed by atoms with Gasteiger partial charge in [0.05, 0.1) is 24.7 Å². The Balaban J connectivity index is 2.10. The Hall–Kier alpha value is -2.10. The van der Waals surface area contributed by atoms with Gasteiger partial charge >= 0.3 is 15.7 Å². The number of ether oxygens (including phenoxy) is 2. The van der Waals surface area contributed by atoms with Crippen LogP contribution in [0.25, 0.3) is 0 Å². The molecule has 0 aliphatic carbocycles. The molecule has 9 heteroatoms. The average molecular weight is 398 g/mol. The molecule has 0 aromatic carbocycles. The Morgan fingerprint density at radius 3 is 2.44 bits per heavy atom. The van der Waals surface area contributed by atoms with E-state index in [9.17, 15) is 13.2 Å². The summed E-state index contributed by atoms with van der Waals surface area (Å²) in [6.45, 7) is 5.15. The van der Waals surface area contributed by atoms with E-state index in [0.29, 0.717) is 12.2 Å². The van der Waals surface area contributed by atoms with E-state index in [0.717, 1.165) is 6.26 Å². The van der Waals surface area contributed by atoms with Gasteiger partial charge in [-0.25, -0.2) is 4.79 Å². The number of hydrogen-bond donors (Lipinski definition) is 0. The van der Waals surface area contributed by atoms with Crippen LogP contribution in [0, 0.1) is 6.92 Å². The molecule has 8 nitrogen and oxygen atoms in total. The van der Waals surface area contributed by atoms with Crippen LogP contribution in [0.4, 0.5) is 0 Å². The van der Waals surface area contributed by atoms with Crippen molar-refractivity contribution in [2.45, 2.75) is 51.6 Å². The summed E-state index contributed by atoms with van der Waals surface area (Å²) >= 11 is 0. The highest BCUT2D eigenvalue weighted by atomic mass is 32.2. The van der Waals surface area contributed by atoms with Gasteiger partial charge in [0.15, 0.2) is 5.75 Å². The molecule has 2 atom stereocenters. The van der Waals surface area contributed by atoms with E-state index >= 15 is 0 Å². The largest absolute Gasteiger partial charge is 0.469 e. The summed E-state index contributed by atoms with van der Waals surface area (Å²) in [7, 11) is -3.88. The van der Waals surface area contributed by atoms with Crippen molar-refractivity contribution in [1.29, 1.82) is 0 Å². The SMILES string of the molecule is Cc1cc(OS(C)(=O)=O)c(C2(CCc3ccco3)O[C@H](C)[C@@H](C)O2)c(=O)o1. The molecule has 2 aromatic rings. The van der Waals surface area contributed by atoms with Crippen molar-refractivity contribution in [2.75, 3.05) is 6.26 Å². The van der Waals surface area contributed by atoms with E-state index in [1.165, 1.54) is 13.0 Å². The van der Waals surface area contributed by atoms with Crippen molar-refractivity contribution in [1.82, 2.24) is 0 Å². The molecular weight excluding hydrogens is 376 g/mol. The summed E-state index contributed by atoms with van der Waals surface area (Å²) in [6.07, 6.45) is 2.41. The Labute approximate surface area is 157 Å². The van der Waals surface area contributed by atoms with Gasteiger partial charge < -0.3 is 22.5 Å². The third-order valence-electron chi connectivity index (χ3n) is 4.35. The molecule has 1 aliphatic heterocycles. The van der Waals surface area contributed by atoms with Gasteiger partial charge in [0.2, 0.25) is 5.79 Å². The standard InChI is InChI=1S/C18H22O8S/c1-11-10-15(26-27(4,20)21)16(17(19)23-11)18(24-12(2)13(3)25-18)8-7-14-6-5-9-22-14/h5-6,9-10,12-13H,7-8H2,1-4H3/t12-,13-/m1/s1. The number of hydrogen-bond acceptors (Lipinski definition) is 8. The molecule has 0 saturated carbocycles. The highest BCUT2D eigenvalue weighted by molar-refractivity contribution is 7.86. The second-order valence-electron chi connectivity index (χ2n) is 6.65. The average Bonchev–Trinajstić information content (AvgIpc) is 3.12. The lowest BCUT2D eigenvalue weighted by Crippen LogP contribution is -2.35. The van der Waals surface area contributed by atoms with Crippen molar-refractivity contribution in [2.24, 2.45) is 0 Å². The quantitative estimate of drug-likeness (QED) is 0.684. The molecule has 0 spiro atoms. The summed E-state index contributed by atoms with van der Waals surface area (Å²) in [5, 5.41) is 0. The second-order valence-corrected chi connectivity index (χ2v) is 8.22. The summed E-state index contributed by atoms with van der Waals surface area (Å²) < 4.78 is 51.1. The maximum absolute atomic E-state index is 12.7. The fourth-order valence-corrected chi connectivity index (χ4v) is 3.54. The molecule has 0 amide bonds. The lowest BCUT2D eigenvalue weighted by atomic mass is 10.00. The van der Waals surface area contributed by atoms with E-state index < -0.39 is 21.5 Å². The van der Waals surface area contributed by atoms with Crippen LogP contribution in [0.15, 0.2) is 38.1 Å². The van der Waals surface area contributed by atoms with Gasteiger partial charge in [0, 0.05) is 18.9 Å². The Bertz CT molecular complexity index is 948. The van der Waals surface area contributed by atoms with Crippen LogP contribution in [-0.2, 0) is 31.8 Å². The summed E-state index contributed by atoms with van der Waals surface area (Å²) in [4.78, 5) is 12.7. The van der Waals surface area contributed by atoms with Gasteiger partial charge in [-0.1, -0.05) is 0 Å². The molecule has 1 saturated heterocycles. The smallest absolute Gasteiger partial charge is 0.348 e. The molecule has 1 aliphatic rings. The predicted molar refractivity (Wildman–Crippen MR) is 95.0 cm³/mol. The molecule has 2 aromatic heterocycles. The zero-order valence-electron chi connectivity index (χ0n) is 15.6. The molecule has 3 rings (SSSR count). The Morgan fingerprint density at radius 2 is 1.89 bits per heavy atom.